The summed E-state index contributed by atoms with van der Waals surface area (Å²) < 4.78 is 0. The second kappa shape index (κ2) is 4.14. The molecule has 1 aliphatic heterocycles. The minimum Gasteiger partial charge on any atom is -0.379 e. The van der Waals surface area contributed by atoms with Crippen molar-refractivity contribution in [3.63, 3.8) is 0 Å². The Balaban J connectivity index is 2.18. The molecular weight excluding hydrogens is 170 g/mol. The lowest BCUT2D eigenvalue weighted by Crippen LogP contribution is -2.33. The van der Waals surface area contributed by atoms with E-state index in [2.05, 4.69) is 48.4 Å². The van der Waals surface area contributed by atoms with Crippen molar-refractivity contribution in [3.05, 3.63) is 60.9 Å². The van der Waals surface area contributed by atoms with E-state index in [0.717, 1.165) is 12.1 Å². The van der Waals surface area contributed by atoms with Gasteiger partial charge in [0.2, 0.25) is 0 Å². The first kappa shape index (κ1) is 9.07. The van der Waals surface area contributed by atoms with E-state index in [4.69, 9.17) is 0 Å². The Labute approximate surface area is 85.2 Å². The summed E-state index contributed by atoms with van der Waals surface area (Å²) in [6, 6.07) is 0.389. The van der Waals surface area contributed by atoms with Gasteiger partial charge in [-0.15, -0.1) is 0 Å². The van der Waals surface area contributed by atoms with Crippen LogP contribution in [0.25, 0.3) is 0 Å². The lowest BCUT2D eigenvalue weighted by atomic mass is 9.92. The lowest BCUT2D eigenvalue weighted by molar-refractivity contribution is 0.515. The fourth-order valence-electron chi connectivity index (χ4n) is 1.78. The number of hydrogen-bond acceptors (Lipinski definition) is 1. The van der Waals surface area contributed by atoms with Crippen molar-refractivity contribution < 1.29 is 0 Å². The minimum atomic E-state index is 0.389. The number of rotatable bonds is 0. The third-order valence-electron chi connectivity index (χ3n) is 2.55. The molecule has 2 unspecified atom stereocenters. The second-order valence-electron chi connectivity index (χ2n) is 3.65. The predicted octanol–water partition coefficient (Wildman–Crippen LogP) is 2.72. The summed E-state index contributed by atoms with van der Waals surface area (Å²) in [4.78, 5) is 0. The van der Waals surface area contributed by atoms with Gasteiger partial charge in [0.1, 0.15) is 0 Å². The highest BCUT2D eigenvalue weighted by molar-refractivity contribution is 5.25. The molecule has 0 saturated heterocycles. The minimum absolute atomic E-state index is 0.389. The normalized spacial score (nSPS) is 34.7. The van der Waals surface area contributed by atoms with E-state index < -0.39 is 0 Å². The van der Waals surface area contributed by atoms with Gasteiger partial charge in [-0.3, -0.25) is 0 Å². The van der Waals surface area contributed by atoms with Crippen LogP contribution >= 0.6 is 0 Å². The van der Waals surface area contributed by atoms with Gasteiger partial charge in [-0.25, -0.2) is 0 Å². The molecule has 1 aliphatic carbocycles. The predicted molar refractivity (Wildman–Crippen MR) is 60.7 cm³/mol. The summed E-state index contributed by atoms with van der Waals surface area (Å²) in [6.45, 7) is 3.96. The molecule has 72 valence electrons. The molecule has 0 amide bonds. The lowest BCUT2D eigenvalue weighted by Gasteiger charge is -2.24. The van der Waals surface area contributed by atoms with E-state index in [-0.39, 0.29) is 0 Å². The summed E-state index contributed by atoms with van der Waals surface area (Å²) >= 11 is 0. The molecule has 14 heavy (non-hydrogen) atoms. The van der Waals surface area contributed by atoms with Crippen molar-refractivity contribution in [1.29, 1.82) is 0 Å². The Kier molecular flexibility index (Phi) is 2.68. The van der Waals surface area contributed by atoms with Gasteiger partial charge in [-0.2, -0.15) is 0 Å². The largest absolute Gasteiger partial charge is 0.379 e. The molecule has 0 aromatic carbocycles. The third kappa shape index (κ3) is 2.05. The van der Waals surface area contributed by atoms with Crippen molar-refractivity contribution in [3.8, 4) is 0 Å². The van der Waals surface area contributed by atoms with Crippen LogP contribution in [0, 0.1) is 5.92 Å². The van der Waals surface area contributed by atoms with Gasteiger partial charge in [0.15, 0.2) is 0 Å². The van der Waals surface area contributed by atoms with Crippen molar-refractivity contribution in [1.82, 2.24) is 5.32 Å². The highest BCUT2D eigenvalue weighted by Gasteiger charge is 2.17. The Morgan fingerprint density at radius 1 is 1.14 bits per heavy atom. The summed E-state index contributed by atoms with van der Waals surface area (Å²) in [6.07, 6.45) is 18.1. The molecule has 1 nitrogen and oxygen atoms in total. The van der Waals surface area contributed by atoms with Gasteiger partial charge in [0, 0.05) is 11.6 Å². The molecule has 0 spiro atoms. The van der Waals surface area contributed by atoms with Gasteiger partial charge in [0.25, 0.3) is 0 Å². The van der Waals surface area contributed by atoms with E-state index >= 15 is 0 Å². The zero-order chi connectivity index (χ0) is 9.80. The highest BCUT2D eigenvalue weighted by atomic mass is 14.9. The van der Waals surface area contributed by atoms with E-state index in [1.165, 1.54) is 0 Å². The van der Waals surface area contributed by atoms with Crippen LogP contribution in [0.5, 0.6) is 0 Å². The first-order valence-electron chi connectivity index (χ1n) is 5.00. The Bertz CT molecular complexity index is 331. The van der Waals surface area contributed by atoms with E-state index in [1.807, 2.05) is 12.2 Å². The van der Waals surface area contributed by atoms with Crippen LogP contribution in [0.2, 0.25) is 0 Å². The van der Waals surface area contributed by atoms with E-state index in [1.54, 1.807) is 0 Å². The zero-order valence-electron chi connectivity index (χ0n) is 8.19. The van der Waals surface area contributed by atoms with E-state index in [9.17, 15) is 0 Å². The van der Waals surface area contributed by atoms with Crippen molar-refractivity contribution in [2.75, 3.05) is 0 Å². The Hall–Kier alpha value is -1.50. The van der Waals surface area contributed by atoms with Crippen LogP contribution in [0.15, 0.2) is 60.9 Å². The van der Waals surface area contributed by atoms with Gasteiger partial charge in [0.05, 0.1) is 6.04 Å². The van der Waals surface area contributed by atoms with Gasteiger partial charge in [-0.1, -0.05) is 49.1 Å². The monoisotopic (exact) mass is 185 g/mol. The first-order chi connectivity index (χ1) is 6.86. The molecule has 0 saturated carbocycles. The van der Waals surface area contributed by atoms with Crippen LogP contribution in [0.3, 0.4) is 0 Å². The molecule has 2 atom stereocenters. The van der Waals surface area contributed by atoms with Crippen molar-refractivity contribution in [2.24, 2.45) is 5.92 Å². The van der Waals surface area contributed by atoms with Crippen LogP contribution in [0.4, 0.5) is 0 Å². The molecule has 1 heteroatoms. The molecule has 0 fully saturated rings. The van der Waals surface area contributed by atoms with Gasteiger partial charge >= 0.3 is 0 Å². The zero-order valence-corrected chi connectivity index (χ0v) is 8.19. The average Bonchev–Trinajstić information content (AvgIpc) is 2.27. The second-order valence-corrected chi connectivity index (χ2v) is 3.65. The quantitative estimate of drug-likeness (QED) is 0.612. The van der Waals surface area contributed by atoms with Crippen LogP contribution in [-0.2, 0) is 0 Å². The summed E-state index contributed by atoms with van der Waals surface area (Å²) in [5.41, 5.74) is 0.978. The molecule has 1 heterocycles. The number of allylic oxidation sites excluding steroid dienone is 6. The van der Waals surface area contributed by atoms with Crippen LogP contribution in [-0.4, -0.2) is 6.04 Å². The standard InChI is InChI=1S/C13H15N/c1-11-7-3-2-4-8-12-9-5-6-10-13(12)14-11/h2-7,9-10,12-14H,1,8H2/b4-2-,7-3-. The molecule has 0 aromatic rings. The Morgan fingerprint density at radius 2 is 2.00 bits per heavy atom. The van der Waals surface area contributed by atoms with Gasteiger partial charge in [-0.05, 0) is 12.5 Å². The summed E-state index contributed by atoms with van der Waals surface area (Å²) in [5, 5.41) is 3.40. The molecule has 1 N–H and O–H groups in total. The summed E-state index contributed by atoms with van der Waals surface area (Å²) in [5.74, 6) is 0.549. The third-order valence-corrected chi connectivity index (χ3v) is 2.55. The number of hydrogen-bond donors (Lipinski definition) is 1. The maximum absolute atomic E-state index is 3.96. The van der Waals surface area contributed by atoms with E-state index in [0.29, 0.717) is 12.0 Å². The topological polar surface area (TPSA) is 12.0 Å². The molecule has 2 aliphatic rings. The fourth-order valence-corrected chi connectivity index (χ4v) is 1.78. The highest BCUT2D eigenvalue weighted by Crippen LogP contribution is 2.19. The first-order valence-corrected chi connectivity index (χ1v) is 5.00. The van der Waals surface area contributed by atoms with Crippen LogP contribution in [0.1, 0.15) is 6.42 Å². The van der Waals surface area contributed by atoms with Crippen LogP contribution < -0.4 is 5.32 Å². The number of fused-ring (bicyclic) bond motifs is 1. The van der Waals surface area contributed by atoms with Gasteiger partial charge < -0.3 is 5.32 Å². The molecule has 0 aromatic heterocycles. The smallest absolute Gasteiger partial charge is 0.0513 e. The maximum atomic E-state index is 3.96. The van der Waals surface area contributed by atoms with Crippen molar-refractivity contribution in [2.45, 2.75) is 12.5 Å². The SMILES string of the molecule is C=C1/C=C\C=C/CC2C=CC=CC2N1. The molecule has 0 radical (unpaired) electrons. The molecule has 2 rings (SSSR count). The fraction of sp³-hybridized carbons (Fsp3) is 0.231. The number of nitrogens with one attached hydrogen (secondary N) is 1. The average molecular weight is 185 g/mol. The van der Waals surface area contributed by atoms with Crippen molar-refractivity contribution >= 4 is 0 Å². The molecule has 0 bridgehead atoms. The maximum Gasteiger partial charge on any atom is 0.0513 e. The molecular formula is C13H15N. The Morgan fingerprint density at radius 3 is 2.93 bits per heavy atom. The summed E-state index contributed by atoms with van der Waals surface area (Å²) in [7, 11) is 0.